The van der Waals surface area contributed by atoms with Gasteiger partial charge in [-0.25, -0.2) is 4.98 Å². The smallest absolute Gasteiger partial charge is 0.322 e. The summed E-state index contributed by atoms with van der Waals surface area (Å²) in [7, 11) is 0. The van der Waals surface area contributed by atoms with Crippen molar-refractivity contribution in [2.45, 2.75) is 19.3 Å². The third kappa shape index (κ3) is 2.56. The molecule has 4 nitrogen and oxygen atoms in total. The van der Waals surface area contributed by atoms with Gasteiger partial charge in [-0.15, -0.1) is 0 Å². The molecular formula is C14H13N3OS. The molecular weight excluding hydrogens is 258 g/mol. The average Bonchev–Trinajstić information content (AvgIpc) is 2.86. The quantitative estimate of drug-likeness (QED) is 0.869. The van der Waals surface area contributed by atoms with Gasteiger partial charge in [-0.3, -0.25) is 0 Å². The lowest BCUT2D eigenvalue weighted by Crippen LogP contribution is -2.12. The summed E-state index contributed by atoms with van der Waals surface area (Å²) in [4.78, 5) is 8.46. The van der Waals surface area contributed by atoms with Crippen LogP contribution in [-0.2, 0) is 12.8 Å². The van der Waals surface area contributed by atoms with Crippen molar-refractivity contribution < 1.29 is 4.74 Å². The van der Waals surface area contributed by atoms with Crippen LogP contribution in [0.2, 0.25) is 0 Å². The number of hydrogen-bond donors (Lipinski definition) is 1. The zero-order valence-corrected chi connectivity index (χ0v) is 11.1. The Labute approximate surface area is 116 Å². The van der Waals surface area contributed by atoms with Gasteiger partial charge in [0, 0.05) is 6.20 Å². The molecule has 2 N–H and O–H groups in total. The Hall–Kier alpha value is -2.01. The van der Waals surface area contributed by atoms with Crippen molar-refractivity contribution in [2.75, 3.05) is 0 Å². The van der Waals surface area contributed by atoms with Crippen LogP contribution in [0, 0.1) is 0 Å². The summed E-state index contributed by atoms with van der Waals surface area (Å²) in [5.41, 5.74) is 8.81. The maximum Gasteiger partial charge on any atom is 0.322 e. The highest BCUT2D eigenvalue weighted by atomic mass is 32.1. The number of nitrogens with two attached hydrogens (primary N) is 1. The van der Waals surface area contributed by atoms with Crippen molar-refractivity contribution in [1.82, 2.24) is 9.97 Å². The Bertz CT molecular complexity index is 642. The van der Waals surface area contributed by atoms with E-state index < -0.39 is 0 Å². The second kappa shape index (κ2) is 4.93. The molecule has 0 radical (unpaired) electrons. The van der Waals surface area contributed by atoms with Gasteiger partial charge in [0.25, 0.3) is 0 Å². The van der Waals surface area contributed by atoms with Gasteiger partial charge in [-0.1, -0.05) is 18.3 Å². The Kier molecular flexibility index (Phi) is 3.13. The van der Waals surface area contributed by atoms with Crippen LogP contribution in [0.4, 0.5) is 0 Å². The van der Waals surface area contributed by atoms with Gasteiger partial charge in [0.15, 0.2) is 0 Å². The summed E-state index contributed by atoms with van der Waals surface area (Å²) in [6.07, 6.45) is 5.07. The molecule has 0 saturated carbocycles. The van der Waals surface area contributed by atoms with E-state index in [-0.39, 0.29) is 11.0 Å². The van der Waals surface area contributed by atoms with Gasteiger partial charge >= 0.3 is 6.01 Å². The van der Waals surface area contributed by atoms with E-state index in [0.717, 1.165) is 18.6 Å². The number of rotatable bonds is 3. The van der Waals surface area contributed by atoms with Crippen molar-refractivity contribution in [1.29, 1.82) is 0 Å². The molecule has 1 aromatic carbocycles. The first-order valence-corrected chi connectivity index (χ1v) is 6.56. The predicted molar refractivity (Wildman–Crippen MR) is 76.5 cm³/mol. The molecule has 0 aliphatic heterocycles. The monoisotopic (exact) mass is 271 g/mol. The number of fused-ring (bicyclic) bond motifs is 1. The lowest BCUT2D eigenvalue weighted by atomic mass is 10.1. The van der Waals surface area contributed by atoms with Gasteiger partial charge in [-0.05, 0) is 48.6 Å². The first-order chi connectivity index (χ1) is 9.22. The number of thiocarbonyl (C=S) groups is 1. The van der Waals surface area contributed by atoms with Crippen LogP contribution in [0.5, 0.6) is 11.8 Å². The van der Waals surface area contributed by atoms with Crippen LogP contribution < -0.4 is 10.5 Å². The molecule has 0 amide bonds. The minimum absolute atomic E-state index is 0.237. The molecule has 19 heavy (non-hydrogen) atoms. The Morgan fingerprint density at radius 2 is 2.05 bits per heavy atom. The highest BCUT2D eigenvalue weighted by Gasteiger charge is 2.12. The van der Waals surface area contributed by atoms with Gasteiger partial charge in [0.05, 0.1) is 0 Å². The van der Waals surface area contributed by atoms with Gasteiger partial charge in [0.1, 0.15) is 16.4 Å². The molecule has 3 rings (SSSR count). The Morgan fingerprint density at radius 3 is 2.89 bits per heavy atom. The van der Waals surface area contributed by atoms with Crippen molar-refractivity contribution in [3.8, 4) is 11.8 Å². The fourth-order valence-electron chi connectivity index (χ4n) is 2.24. The number of nitrogens with zero attached hydrogens (tertiary/aromatic N) is 2. The van der Waals surface area contributed by atoms with E-state index in [2.05, 4.69) is 22.1 Å². The lowest BCUT2D eigenvalue weighted by Gasteiger charge is -2.06. The molecule has 96 valence electrons. The second-order valence-corrected chi connectivity index (χ2v) is 4.91. The molecule has 5 heteroatoms. The SMILES string of the molecule is NC(=S)c1ccnc(Oc2ccc3c(c2)CCC3)n1. The summed E-state index contributed by atoms with van der Waals surface area (Å²) in [5, 5.41) is 0. The van der Waals surface area contributed by atoms with E-state index in [1.165, 1.54) is 17.5 Å². The third-order valence-corrected chi connectivity index (χ3v) is 3.37. The topological polar surface area (TPSA) is 61.0 Å². The van der Waals surface area contributed by atoms with Crippen molar-refractivity contribution in [2.24, 2.45) is 5.73 Å². The highest BCUT2D eigenvalue weighted by molar-refractivity contribution is 7.80. The van der Waals surface area contributed by atoms with Crippen LogP contribution in [0.3, 0.4) is 0 Å². The largest absolute Gasteiger partial charge is 0.424 e. The molecule has 1 aromatic heterocycles. The normalized spacial score (nSPS) is 13.1. The Balaban J connectivity index is 1.85. The molecule has 0 atom stereocenters. The molecule has 1 aliphatic carbocycles. The molecule has 1 heterocycles. The van der Waals surface area contributed by atoms with E-state index in [0.29, 0.717) is 5.69 Å². The number of aryl methyl sites for hydroxylation is 2. The summed E-state index contributed by atoms with van der Waals surface area (Å²) >= 11 is 4.88. The number of aromatic nitrogens is 2. The molecule has 1 aliphatic rings. The van der Waals surface area contributed by atoms with Crippen LogP contribution >= 0.6 is 12.2 Å². The summed E-state index contributed by atoms with van der Waals surface area (Å²) in [6.45, 7) is 0. The minimum atomic E-state index is 0.237. The Morgan fingerprint density at radius 1 is 1.21 bits per heavy atom. The highest BCUT2D eigenvalue weighted by Crippen LogP contribution is 2.27. The molecule has 0 fully saturated rings. The van der Waals surface area contributed by atoms with Crippen molar-refractivity contribution in [3.05, 3.63) is 47.3 Å². The second-order valence-electron chi connectivity index (χ2n) is 4.47. The van der Waals surface area contributed by atoms with Gasteiger partial charge in [0.2, 0.25) is 0 Å². The fraction of sp³-hybridized carbons (Fsp3) is 0.214. The van der Waals surface area contributed by atoms with Gasteiger partial charge in [-0.2, -0.15) is 4.98 Å². The molecule has 0 saturated heterocycles. The summed E-state index contributed by atoms with van der Waals surface area (Å²) in [5.74, 6) is 0.751. The van der Waals surface area contributed by atoms with E-state index in [4.69, 9.17) is 22.7 Å². The first-order valence-electron chi connectivity index (χ1n) is 6.15. The minimum Gasteiger partial charge on any atom is -0.424 e. The molecule has 2 aromatic rings. The standard InChI is InChI=1S/C14H13N3OS/c15-13(19)12-6-7-16-14(17-12)18-11-5-4-9-2-1-3-10(9)8-11/h4-8H,1-3H2,(H2,15,19). The number of hydrogen-bond acceptors (Lipinski definition) is 4. The average molecular weight is 271 g/mol. The zero-order chi connectivity index (χ0) is 13.2. The lowest BCUT2D eigenvalue weighted by molar-refractivity contribution is 0.441. The van der Waals surface area contributed by atoms with E-state index in [9.17, 15) is 0 Å². The maximum absolute atomic E-state index is 5.66. The van der Waals surface area contributed by atoms with E-state index in [1.54, 1.807) is 12.3 Å². The van der Waals surface area contributed by atoms with Crippen LogP contribution in [-0.4, -0.2) is 15.0 Å². The number of ether oxygens (including phenoxy) is 1. The number of benzene rings is 1. The maximum atomic E-state index is 5.66. The van der Waals surface area contributed by atoms with Crippen molar-refractivity contribution in [3.63, 3.8) is 0 Å². The first kappa shape index (κ1) is 12.0. The van der Waals surface area contributed by atoms with Crippen molar-refractivity contribution >= 4 is 17.2 Å². The van der Waals surface area contributed by atoms with Crippen LogP contribution in [0.1, 0.15) is 23.2 Å². The van der Waals surface area contributed by atoms with Crippen LogP contribution in [0.25, 0.3) is 0 Å². The van der Waals surface area contributed by atoms with Crippen LogP contribution in [0.15, 0.2) is 30.5 Å². The molecule has 0 bridgehead atoms. The third-order valence-electron chi connectivity index (χ3n) is 3.17. The molecule has 0 spiro atoms. The van der Waals surface area contributed by atoms with Gasteiger partial charge < -0.3 is 10.5 Å². The molecule has 0 unspecified atom stereocenters. The predicted octanol–water partition coefficient (Wildman–Crippen LogP) is 2.39. The van der Waals surface area contributed by atoms with E-state index in [1.807, 2.05) is 6.07 Å². The summed E-state index contributed by atoms with van der Waals surface area (Å²) in [6, 6.07) is 8.04. The zero-order valence-electron chi connectivity index (χ0n) is 10.3. The fourth-order valence-corrected chi connectivity index (χ4v) is 2.36. The van der Waals surface area contributed by atoms with E-state index >= 15 is 0 Å². The summed E-state index contributed by atoms with van der Waals surface area (Å²) < 4.78 is 5.66.